The molecule has 152 valence electrons. The number of alkyl halides is 2. The number of nitrogens with zero attached hydrogens (tertiary/aromatic N) is 2. The molecule has 0 bridgehead atoms. The van der Waals surface area contributed by atoms with Crippen LogP contribution in [-0.4, -0.2) is 34.4 Å². The van der Waals surface area contributed by atoms with Gasteiger partial charge < -0.3 is 10.1 Å². The fraction of sp³-hybridized carbons (Fsp3) is 0.350. The van der Waals surface area contributed by atoms with E-state index in [1.807, 2.05) is 30.3 Å². The molecule has 1 fully saturated rings. The Morgan fingerprint density at radius 1 is 1.28 bits per heavy atom. The summed E-state index contributed by atoms with van der Waals surface area (Å²) in [5, 5.41) is 11.9. The molecule has 3 N–H and O–H groups in total. The molecule has 29 heavy (non-hydrogen) atoms. The second-order valence-electron chi connectivity index (χ2n) is 7.07. The van der Waals surface area contributed by atoms with E-state index in [1.165, 1.54) is 25.1 Å². The van der Waals surface area contributed by atoms with Crippen LogP contribution in [-0.2, 0) is 4.74 Å². The number of nitrogens with one attached hydrogen (secondary N) is 3. The molecule has 7 nitrogen and oxygen atoms in total. The van der Waals surface area contributed by atoms with Crippen molar-refractivity contribution in [1.29, 1.82) is 0 Å². The maximum Gasteiger partial charge on any atom is 0.320 e. The highest BCUT2D eigenvalue weighted by atomic mass is 19.3. The number of pyridine rings is 1. The quantitative estimate of drug-likeness (QED) is 0.528. The number of H-pyrrole nitrogens is 1. The Hall–Kier alpha value is -3.07. The Balaban J connectivity index is 1.42. The largest absolute Gasteiger partial charge is 0.379 e. The van der Waals surface area contributed by atoms with Crippen LogP contribution < -0.4 is 10.6 Å². The second kappa shape index (κ2) is 8.52. The fourth-order valence-corrected chi connectivity index (χ4v) is 3.01. The molecule has 1 aromatic carbocycles. The van der Waals surface area contributed by atoms with E-state index in [-0.39, 0.29) is 22.9 Å². The zero-order valence-electron chi connectivity index (χ0n) is 15.6. The third kappa shape index (κ3) is 4.86. The van der Waals surface area contributed by atoms with Crippen molar-refractivity contribution < 1.29 is 18.3 Å². The molecule has 1 saturated carbocycles. The van der Waals surface area contributed by atoms with Crippen LogP contribution in [0.4, 0.5) is 19.4 Å². The Labute approximate surface area is 165 Å². The zero-order chi connectivity index (χ0) is 20.2. The number of halogens is 2. The predicted octanol–water partition coefficient (Wildman–Crippen LogP) is 4.18. The van der Waals surface area contributed by atoms with Crippen LogP contribution in [0.25, 0.3) is 10.9 Å². The number of anilines is 1. The Bertz CT molecular complexity index is 975. The van der Waals surface area contributed by atoms with Gasteiger partial charge in [0.25, 0.3) is 6.43 Å². The summed E-state index contributed by atoms with van der Waals surface area (Å²) in [6.45, 7) is 1.05. The van der Waals surface area contributed by atoms with Crippen LogP contribution in [0.5, 0.6) is 0 Å². The summed E-state index contributed by atoms with van der Waals surface area (Å²) < 4.78 is 31.6. The maximum absolute atomic E-state index is 12.9. The minimum Gasteiger partial charge on any atom is -0.379 e. The number of ether oxygens (including phenoxy) is 1. The first-order valence-corrected chi connectivity index (χ1v) is 9.42. The van der Waals surface area contributed by atoms with Gasteiger partial charge in [0.2, 0.25) is 0 Å². The average molecular weight is 401 g/mol. The highest BCUT2D eigenvalue weighted by Gasteiger charge is 2.23. The van der Waals surface area contributed by atoms with E-state index in [2.05, 4.69) is 25.8 Å². The van der Waals surface area contributed by atoms with Gasteiger partial charge >= 0.3 is 6.03 Å². The molecule has 9 heteroatoms. The number of carbonyl (C=O) groups excluding carboxylic acids is 1. The monoisotopic (exact) mass is 401 g/mol. The van der Waals surface area contributed by atoms with E-state index in [9.17, 15) is 13.6 Å². The van der Waals surface area contributed by atoms with E-state index in [0.717, 1.165) is 5.56 Å². The van der Waals surface area contributed by atoms with Crippen LogP contribution in [0, 0.1) is 5.92 Å². The van der Waals surface area contributed by atoms with Crippen LogP contribution in [0.3, 0.4) is 0 Å². The molecule has 1 aliphatic carbocycles. The lowest BCUT2D eigenvalue weighted by molar-refractivity contribution is 0.105. The summed E-state index contributed by atoms with van der Waals surface area (Å²) in [4.78, 5) is 16.5. The first-order valence-electron chi connectivity index (χ1n) is 9.42. The Morgan fingerprint density at radius 3 is 2.79 bits per heavy atom. The highest BCUT2D eigenvalue weighted by molar-refractivity contribution is 5.91. The van der Waals surface area contributed by atoms with E-state index in [4.69, 9.17) is 4.74 Å². The number of aromatic nitrogens is 3. The first kappa shape index (κ1) is 19.3. The molecule has 0 spiro atoms. The summed E-state index contributed by atoms with van der Waals surface area (Å²) in [7, 11) is 0. The highest BCUT2D eigenvalue weighted by Crippen LogP contribution is 2.29. The molecular weight excluding hydrogens is 380 g/mol. The Morgan fingerprint density at radius 2 is 2.07 bits per heavy atom. The molecule has 3 aromatic rings. The van der Waals surface area contributed by atoms with E-state index in [1.54, 1.807) is 0 Å². The number of hydrogen-bond acceptors (Lipinski definition) is 4. The number of hydrogen-bond donors (Lipinski definition) is 3. The van der Waals surface area contributed by atoms with Gasteiger partial charge in [-0.2, -0.15) is 5.10 Å². The number of urea groups is 1. The van der Waals surface area contributed by atoms with Crippen LogP contribution >= 0.6 is 0 Å². The average Bonchev–Trinajstić information content (AvgIpc) is 3.44. The van der Waals surface area contributed by atoms with Crippen molar-refractivity contribution in [3.63, 3.8) is 0 Å². The van der Waals surface area contributed by atoms with E-state index >= 15 is 0 Å². The van der Waals surface area contributed by atoms with Crippen molar-refractivity contribution in [3.05, 3.63) is 53.9 Å². The van der Waals surface area contributed by atoms with Gasteiger partial charge in [-0.05, 0) is 24.3 Å². The first-order chi connectivity index (χ1) is 14.1. The van der Waals surface area contributed by atoms with Crippen molar-refractivity contribution in [2.24, 2.45) is 5.92 Å². The molecule has 0 aliphatic heterocycles. The molecule has 1 aliphatic rings. The molecular formula is C20H21F2N5O2. The second-order valence-corrected chi connectivity index (χ2v) is 7.07. The third-order valence-electron chi connectivity index (χ3n) is 4.77. The van der Waals surface area contributed by atoms with Gasteiger partial charge in [0.15, 0.2) is 0 Å². The summed E-state index contributed by atoms with van der Waals surface area (Å²) in [5.41, 5.74) is 0.939. The minimum atomic E-state index is -2.67. The maximum atomic E-state index is 12.9. The molecule has 2 amide bonds. The predicted molar refractivity (Wildman–Crippen MR) is 104 cm³/mol. The van der Waals surface area contributed by atoms with Gasteiger partial charge in [-0.25, -0.2) is 18.6 Å². The third-order valence-corrected chi connectivity index (χ3v) is 4.77. The summed E-state index contributed by atoms with van der Waals surface area (Å²) in [6, 6.07) is 10.2. The van der Waals surface area contributed by atoms with Gasteiger partial charge in [-0.3, -0.25) is 10.4 Å². The van der Waals surface area contributed by atoms with E-state index in [0.29, 0.717) is 24.6 Å². The molecule has 2 heterocycles. The number of aromatic amines is 1. The van der Waals surface area contributed by atoms with Crippen molar-refractivity contribution >= 4 is 22.8 Å². The van der Waals surface area contributed by atoms with Crippen molar-refractivity contribution in [2.75, 3.05) is 18.5 Å². The van der Waals surface area contributed by atoms with Crippen LogP contribution in [0.1, 0.15) is 36.6 Å². The molecule has 1 atom stereocenters. The lowest BCUT2D eigenvalue weighted by Gasteiger charge is -2.19. The Kier molecular flexibility index (Phi) is 5.66. The van der Waals surface area contributed by atoms with Crippen molar-refractivity contribution in [1.82, 2.24) is 20.5 Å². The molecule has 0 saturated heterocycles. The van der Waals surface area contributed by atoms with Gasteiger partial charge in [0, 0.05) is 24.3 Å². The van der Waals surface area contributed by atoms with E-state index < -0.39 is 12.5 Å². The van der Waals surface area contributed by atoms with Gasteiger partial charge in [-0.1, -0.05) is 30.3 Å². The van der Waals surface area contributed by atoms with Gasteiger partial charge in [0.1, 0.15) is 11.5 Å². The standard InChI is InChI=1S/C20H21F2N5O2/c21-19(22)18-14-9-23-17(8-15(14)26-27-18)25-20(28)24-16(11-29-10-12-6-7-12)13-4-2-1-3-5-13/h1-5,8-9,12,16,19H,6-7,10-11H2,(H,26,27)(H2,23,24,25,28). The summed E-state index contributed by atoms with van der Waals surface area (Å²) in [6.07, 6.45) is 0.978. The van der Waals surface area contributed by atoms with Crippen molar-refractivity contribution in [3.8, 4) is 0 Å². The SMILES string of the molecule is O=C(Nc1cc2n[nH]c(C(F)F)c2cn1)NC(COCC1CC1)c1ccccc1. The number of benzene rings is 1. The lowest BCUT2D eigenvalue weighted by atomic mass is 10.1. The lowest BCUT2D eigenvalue weighted by Crippen LogP contribution is -2.35. The molecule has 0 radical (unpaired) electrons. The molecule has 4 rings (SSSR count). The van der Waals surface area contributed by atoms with Crippen molar-refractivity contribution in [2.45, 2.75) is 25.3 Å². The minimum absolute atomic E-state index is 0.216. The van der Waals surface area contributed by atoms with Crippen LogP contribution in [0.2, 0.25) is 0 Å². The number of carbonyl (C=O) groups is 1. The summed E-state index contributed by atoms with van der Waals surface area (Å²) >= 11 is 0. The molecule has 1 unspecified atom stereocenters. The molecule has 2 aromatic heterocycles. The number of amides is 2. The number of rotatable bonds is 8. The zero-order valence-corrected chi connectivity index (χ0v) is 15.6. The van der Waals surface area contributed by atoms with Gasteiger partial charge in [0.05, 0.1) is 18.2 Å². The van der Waals surface area contributed by atoms with Crippen LogP contribution in [0.15, 0.2) is 42.6 Å². The summed E-state index contributed by atoms with van der Waals surface area (Å²) in [5.74, 6) is 0.844. The fourth-order valence-electron chi connectivity index (χ4n) is 3.01. The normalized spacial score (nSPS) is 14.9. The number of fused-ring (bicyclic) bond motifs is 1. The topological polar surface area (TPSA) is 91.9 Å². The van der Waals surface area contributed by atoms with Gasteiger partial charge in [-0.15, -0.1) is 0 Å². The smallest absolute Gasteiger partial charge is 0.320 e.